The van der Waals surface area contributed by atoms with Crippen LogP contribution in [0.15, 0.2) is 42.5 Å². The molecule has 4 nitrogen and oxygen atoms in total. The van der Waals surface area contributed by atoms with Crippen LogP contribution < -0.4 is 19.7 Å². The predicted molar refractivity (Wildman–Crippen MR) is 93.7 cm³/mol. The van der Waals surface area contributed by atoms with Crippen LogP contribution in [0, 0.1) is 6.07 Å². The van der Waals surface area contributed by atoms with E-state index in [-0.39, 0.29) is 0 Å². The summed E-state index contributed by atoms with van der Waals surface area (Å²) < 4.78 is 10.7. The zero-order chi connectivity index (χ0) is 16.1. The first-order valence-corrected chi connectivity index (χ1v) is 8.00. The van der Waals surface area contributed by atoms with Crippen LogP contribution in [-0.2, 0) is 0 Å². The van der Waals surface area contributed by atoms with Gasteiger partial charge in [-0.25, -0.2) is 0 Å². The molecule has 0 unspecified atom stereocenters. The third kappa shape index (κ3) is 3.70. The number of para-hydroxylation sites is 1. The van der Waals surface area contributed by atoms with Gasteiger partial charge in [0.05, 0.1) is 19.9 Å². The molecule has 0 saturated carbocycles. The molecular formula is C19H23N2O2. The Morgan fingerprint density at radius 3 is 2.70 bits per heavy atom. The summed E-state index contributed by atoms with van der Waals surface area (Å²) in [5.41, 5.74) is 2.25. The maximum atomic E-state index is 5.45. The molecule has 1 aliphatic rings. The average molecular weight is 311 g/mol. The molecule has 2 aromatic rings. The molecule has 1 fully saturated rings. The highest BCUT2D eigenvalue weighted by Gasteiger charge is 2.22. The number of hydrogen-bond donors (Lipinski definition) is 1. The van der Waals surface area contributed by atoms with E-state index < -0.39 is 0 Å². The van der Waals surface area contributed by atoms with E-state index in [1.165, 1.54) is 6.42 Å². The third-order valence-electron chi connectivity index (χ3n) is 4.22. The van der Waals surface area contributed by atoms with Crippen LogP contribution >= 0.6 is 0 Å². The largest absolute Gasteiger partial charge is 0.497 e. The molecular weight excluding hydrogens is 288 g/mol. The number of nitrogens with zero attached hydrogens (tertiary/aromatic N) is 1. The monoisotopic (exact) mass is 311 g/mol. The van der Waals surface area contributed by atoms with Gasteiger partial charge in [-0.2, -0.15) is 0 Å². The first-order valence-electron chi connectivity index (χ1n) is 8.00. The van der Waals surface area contributed by atoms with Gasteiger partial charge >= 0.3 is 0 Å². The maximum absolute atomic E-state index is 5.45. The molecule has 0 amide bonds. The molecule has 0 spiro atoms. The fraction of sp³-hybridized carbons (Fsp3) is 0.368. The van der Waals surface area contributed by atoms with E-state index in [1.54, 1.807) is 14.2 Å². The van der Waals surface area contributed by atoms with Crippen molar-refractivity contribution in [1.82, 2.24) is 0 Å². The minimum absolute atomic E-state index is 0.419. The second kappa shape index (κ2) is 7.27. The molecule has 2 aromatic carbocycles. The van der Waals surface area contributed by atoms with Crippen molar-refractivity contribution in [1.29, 1.82) is 0 Å². The number of piperidine rings is 1. The van der Waals surface area contributed by atoms with Crippen molar-refractivity contribution in [3.8, 4) is 11.5 Å². The van der Waals surface area contributed by atoms with Crippen molar-refractivity contribution in [2.45, 2.75) is 18.9 Å². The van der Waals surface area contributed by atoms with Gasteiger partial charge in [-0.3, -0.25) is 0 Å². The first kappa shape index (κ1) is 15.5. The molecule has 121 valence electrons. The minimum Gasteiger partial charge on any atom is -0.497 e. The molecule has 1 heterocycles. The normalized spacial score (nSPS) is 17.7. The van der Waals surface area contributed by atoms with E-state index in [0.717, 1.165) is 42.4 Å². The van der Waals surface area contributed by atoms with Crippen LogP contribution in [0.25, 0.3) is 0 Å². The Morgan fingerprint density at radius 1 is 1.13 bits per heavy atom. The molecule has 1 saturated heterocycles. The zero-order valence-corrected chi connectivity index (χ0v) is 13.7. The van der Waals surface area contributed by atoms with E-state index in [4.69, 9.17) is 9.47 Å². The van der Waals surface area contributed by atoms with E-state index in [0.29, 0.717) is 6.04 Å². The molecule has 4 heteroatoms. The quantitative estimate of drug-likeness (QED) is 0.915. The summed E-state index contributed by atoms with van der Waals surface area (Å²) in [7, 11) is 3.39. The van der Waals surface area contributed by atoms with E-state index in [1.807, 2.05) is 24.3 Å². The summed E-state index contributed by atoms with van der Waals surface area (Å²) in [6.45, 7) is 2.01. The van der Waals surface area contributed by atoms with E-state index in [2.05, 4.69) is 34.5 Å². The van der Waals surface area contributed by atoms with Crippen LogP contribution in [0.2, 0.25) is 0 Å². The summed E-state index contributed by atoms with van der Waals surface area (Å²) in [5, 5.41) is 3.62. The second-order valence-corrected chi connectivity index (χ2v) is 5.75. The highest BCUT2D eigenvalue weighted by molar-refractivity contribution is 5.58. The smallest absolute Gasteiger partial charge is 0.150 e. The Hall–Kier alpha value is -2.36. The number of anilines is 2. The topological polar surface area (TPSA) is 33.7 Å². The van der Waals surface area contributed by atoms with Crippen molar-refractivity contribution in [2.24, 2.45) is 0 Å². The SMILES string of the molecule is COc1ccc(N[C@@H]2CCCN(c3ccc[c]c3OC)C2)cc1. The van der Waals surface area contributed by atoms with Crippen molar-refractivity contribution in [2.75, 3.05) is 37.5 Å². The molecule has 1 atom stereocenters. The predicted octanol–water partition coefficient (Wildman–Crippen LogP) is 3.58. The van der Waals surface area contributed by atoms with Gasteiger partial charge in [-0.05, 0) is 43.2 Å². The van der Waals surface area contributed by atoms with Gasteiger partial charge in [0.2, 0.25) is 0 Å². The van der Waals surface area contributed by atoms with Crippen LogP contribution in [0.5, 0.6) is 11.5 Å². The second-order valence-electron chi connectivity index (χ2n) is 5.75. The van der Waals surface area contributed by atoms with Crippen LogP contribution in [0.1, 0.15) is 12.8 Å². The van der Waals surface area contributed by atoms with Crippen molar-refractivity contribution >= 4 is 11.4 Å². The van der Waals surface area contributed by atoms with E-state index >= 15 is 0 Å². The van der Waals surface area contributed by atoms with Crippen molar-refractivity contribution in [3.05, 3.63) is 48.5 Å². The Labute approximate surface area is 138 Å². The Kier molecular flexibility index (Phi) is 4.91. The number of methoxy groups -OCH3 is 2. The fourth-order valence-electron chi connectivity index (χ4n) is 3.06. The molecule has 0 bridgehead atoms. The summed E-state index contributed by atoms with van der Waals surface area (Å²) in [6.07, 6.45) is 2.33. The summed E-state index contributed by atoms with van der Waals surface area (Å²) in [6, 6.07) is 17.7. The molecule has 1 N–H and O–H groups in total. The average Bonchev–Trinajstić information content (AvgIpc) is 2.62. The lowest BCUT2D eigenvalue weighted by molar-refractivity contribution is 0.410. The number of rotatable bonds is 5. The van der Waals surface area contributed by atoms with Gasteiger partial charge < -0.3 is 19.7 Å². The van der Waals surface area contributed by atoms with Gasteiger partial charge in [0.1, 0.15) is 11.5 Å². The van der Waals surface area contributed by atoms with Crippen molar-refractivity contribution in [3.63, 3.8) is 0 Å². The Bertz CT molecular complexity index is 628. The summed E-state index contributed by atoms with van der Waals surface area (Å²) in [4.78, 5) is 2.38. The van der Waals surface area contributed by atoms with Gasteiger partial charge in [0, 0.05) is 30.9 Å². The van der Waals surface area contributed by atoms with Gasteiger partial charge in [-0.15, -0.1) is 0 Å². The molecule has 3 rings (SSSR count). The number of nitrogens with one attached hydrogen (secondary N) is 1. The summed E-state index contributed by atoms with van der Waals surface area (Å²) in [5.74, 6) is 1.70. The molecule has 0 aromatic heterocycles. The summed E-state index contributed by atoms with van der Waals surface area (Å²) >= 11 is 0. The van der Waals surface area contributed by atoms with Gasteiger partial charge in [-0.1, -0.05) is 12.1 Å². The fourth-order valence-corrected chi connectivity index (χ4v) is 3.06. The zero-order valence-electron chi connectivity index (χ0n) is 13.7. The number of benzene rings is 2. The molecule has 1 aliphatic heterocycles. The molecule has 1 radical (unpaired) electrons. The maximum Gasteiger partial charge on any atom is 0.150 e. The lowest BCUT2D eigenvalue weighted by Gasteiger charge is -2.35. The van der Waals surface area contributed by atoms with Crippen LogP contribution in [-0.4, -0.2) is 33.4 Å². The Balaban J connectivity index is 1.68. The lowest BCUT2D eigenvalue weighted by Crippen LogP contribution is -2.42. The highest BCUT2D eigenvalue weighted by atomic mass is 16.5. The highest BCUT2D eigenvalue weighted by Crippen LogP contribution is 2.30. The standard InChI is InChI=1S/C19H23N2O2/c1-22-17-11-9-15(10-12-17)20-16-6-5-13-21(14-16)18-7-3-4-8-19(18)23-2/h3-4,7,9-12,16,20H,5-6,13-14H2,1-2H3/t16-/m1/s1. The number of hydrogen-bond acceptors (Lipinski definition) is 4. The van der Waals surface area contributed by atoms with Gasteiger partial charge in [0.15, 0.2) is 0 Å². The third-order valence-corrected chi connectivity index (χ3v) is 4.22. The van der Waals surface area contributed by atoms with Gasteiger partial charge in [0.25, 0.3) is 0 Å². The van der Waals surface area contributed by atoms with Crippen molar-refractivity contribution < 1.29 is 9.47 Å². The minimum atomic E-state index is 0.419. The Morgan fingerprint density at radius 2 is 1.96 bits per heavy atom. The molecule has 23 heavy (non-hydrogen) atoms. The number of ether oxygens (including phenoxy) is 2. The van der Waals surface area contributed by atoms with Crippen LogP contribution in [0.4, 0.5) is 11.4 Å². The molecule has 0 aliphatic carbocycles. The lowest BCUT2D eigenvalue weighted by atomic mass is 10.0. The van der Waals surface area contributed by atoms with E-state index in [9.17, 15) is 0 Å². The first-order chi connectivity index (χ1) is 11.3. The van der Waals surface area contributed by atoms with Crippen LogP contribution in [0.3, 0.4) is 0 Å².